The average Bonchev–Trinajstić information content (AvgIpc) is 2.75. The first-order chi connectivity index (χ1) is 14.7. The van der Waals surface area contributed by atoms with Crippen LogP contribution < -0.4 is 0 Å². The summed E-state index contributed by atoms with van der Waals surface area (Å²) in [5.74, 6) is 0.135. The lowest BCUT2D eigenvalue weighted by Crippen LogP contribution is -2.55. The van der Waals surface area contributed by atoms with Gasteiger partial charge in [0.05, 0.1) is 7.11 Å². The standard InChI is InChI=1S/C23H34N2O5S/c1-23(2,3)30-22(28)24-14-11-18(12-15-24)25(19(13-16-31-5)21(27)29-4)20(26)17-9-7-6-8-10-17/h6-10,18-19H,11-16H2,1-5H3/t19-/m0/s1. The maximum atomic E-state index is 13.5. The Balaban J connectivity index is 2.23. The van der Waals surface area contributed by atoms with E-state index in [1.807, 2.05) is 45.2 Å². The summed E-state index contributed by atoms with van der Waals surface area (Å²) in [7, 11) is 1.35. The van der Waals surface area contributed by atoms with Crippen molar-refractivity contribution in [3.8, 4) is 0 Å². The summed E-state index contributed by atoms with van der Waals surface area (Å²) in [6, 6.07) is 8.16. The van der Waals surface area contributed by atoms with Crippen LogP contribution in [-0.4, -0.2) is 77.7 Å². The summed E-state index contributed by atoms with van der Waals surface area (Å²) >= 11 is 1.62. The van der Waals surface area contributed by atoms with Crippen LogP contribution in [-0.2, 0) is 14.3 Å². The molecular formula is C23H34N2O5S. The van der Waals surface area contributed by atoms with Gasteiger partial charge in [-0.1, -0.05) is 18.2 Å². The molecule has 1 atom stereocenters. The van der Waals surface area contributed by atoms with Crippen LogP contribution in [0.4, 0.5) is 4.79 Å². The van der Waals surface area contributed by atoms with E-state index < -0.39 is 17.6 Å². The first-order valence-corrected chi connectivity index (χ1v) is 12.0. The molecule has 2 rings (SSSR count). The number of carbonyl (C=O) groups is 3. The van der Waals surface area contributed by atoms with E-state index in [1.54, 1.807) is 33.7 Å². The van der Waals surface area contributed by atoms with Gasteiger partial charge in [-0.15, -0.1) is 0 Å². The minimum absolute atomic E-state index is 0.169. The van der Waals surface area contributed by atoms with Gasteiger partial charge in [-0.25, -0.2) is 9.59 Å². The number of carbonyl (C=O) groups excluding carboxylic acids is 3. The Hall–Kier alpha value is -2.22. The summed E-state index contributed by atoms with van der Waals surface area (Å²) < 4.78 is 10.5. The lowest BCUT2D eigenvalue weighted by atomic mass is 9.98. The van der Waals surface area contributed by atoms with Crippen molar-refractivity contribution in [2.24, 2.45) is 0 Å². The molecule has 8 heteroatoms. The van der Waals surface area contributed by atoms with Crippen molar-refractivity contribution in [1.82, 2.24) is 9.80 Å². The molecule has 0 bridgehead atoms. The number of likely N-dealkylation sites (tertiary alicyclic amines) is 1. The van der Waals surface area contributed by atoms with Gasteiger partial charge >= 0.3 is 12.1 Å². The molecule has 1 aromatic carbocycles. The number of amides is 2. The third-order valence-electron chi connectivity index (χ3n) is 5.17. The van der Waals surface area contributed by atoms with Crippen molar-refractivity contribution in [1.29, 1.82) is 0 Å². The fourth-order valence-electron chi connectivity index (χ4n) is 3.68. The van der Waals surface area contributed by atoms with Gasteiger partial charge in [0.1, 0.15) is 11.6 Å². The summed E-state index contributed by atoms with van der Waals surface area (Å²) in [5, 5.41) is 0. The summed E-state index contributed by atoms with van der Waals surface area (Å²) in [6.45, 7) is 6.45. The number of piperidine rings is 1. The Morgan fingerprint density at radius 3 is 2.29 bits per heavy atom. The van der Waals surface area contributed by atoms with Gasteiger partial charge in [-0.2, -0.15) is 11.8 Å². The van der Waals surface area contributed by atoms with Gasteiger partial charge in [0, 0.05) is 24.7 Å². The smallest absolute Gasteiger partial charge is 0.410 e. The fraction of sp³-hybridized carbons (Fsp3) is 0.609. The van der Waals surface area contributed by atoms with Crippen molar-refractivity contribution in [3.63, 3.8) is 0 Å². The average molecular weight is 451 g/mol. The van der Waals surface area contributed by atoms with E-state index in [0.29, 0.717) is 37.9 Å². The summed E-state index contributed by atoms with van der Waals surface area (Å²) in [4.78, 5) is 41.9. The lowest BCUT2D eigenvalue weighted by molar-refractivity contribution is -0.147. The fourth-order valence-corrected chi connectivity index (χ4v) is 4.14. The topological polar surface area (TPSA) is 76.2 Å². The van der Waals surface area contributed by atoms with Crippen molar-refractivity contribution in [2.45, 2.75) is 57.7 Å². The molecule has 0 saturated carbocycles. The zero-order valence-electron chi connectivity index (χ0n) is 19.1. The molecule has 1 aliphatic rings. The summed E-state index contributed by atoms with van der Waals surface area (Å²) in [6.07, 6.45) is 3.28. The van der Waals surface area contributed by atoms with E-state index >= 15 is 0 Å². The van der Waals surface area contributed by atoms with Gasteiger partial charge in [0.15, 0.2) is 0 Å². The molecule has 1 heterocycles. The summed E-state index contributed by atoms with van der Waals surface area (Å²) in [5.41, 5.74) is -0.0213. The third-order valence-corrected chi connectivity index (χ3v) is 5.81. The molecule has 1 saturated heterocycles. The molecule has 0 radical (unpaired) electrons. The van der Waals surface area contributed by atoms with Crippen LogP contribution >= 0.6 is 11.8 Å². The maximum absolute atomic E-state index is 13.5. The first kappa shape index (κ1) is 25.0. The number of methoxy groups -OCH3 is 1. The highest BCUT2D eigenvalue weighted by Crippen LogP contribution is 2.25. The van der Waals surface area contributed by atoms with E-state index in [9.17, 15) is 14.4 Å². The molecule has 0 aromatic heterocycles. The number of hydrogen-bond acceptors (Lipinski definition) is 6. The first-order valence-electron chi connectivity index (χ1n) is 10.6. The molecule has 0 spiro atoms. The number of benzene rings is 1. The van der Waals surface area contributed by atoms with Crippen LogP contribution in [0.1, 0.15) is 50.4 Å². The molecule has 7 nitrogen and oxygen atoms in total. The predicted molar refractivity (Wildman–Crippen MR) is 122 cm³/mol. The number of nitrogens with zero attached hydrogens (tertiary/aromatic N) is 2. The van der Waals surface area contributed by atoms with E-state index in [2.05, 4.69) is 0 Å². The zero-order chi connectivity index (χ0) is 23.0. The molecule has 172 valence electrons. The minimum atomic E-state index is -0.664. The van der Waals surface area contributed by atoms with Crippen molar-refractivity contribution in [2.75, 3.05) is 32.2 Å². The second-order valence-electron chi connectivity index (χ2n) is 8.60. The van der Waals surface area contributed by atoms with E-state index in [-0.39, 0.29) is 18.0 Å². The van der Waals surface area contributed by atoms with E-state index in [0.717, 1.165) is 5.75 Å². The second kappa shape index (κ2) is 11.4. The van der Waals surface area contributed by atoms with Crippen LogP contribution in [0.25, 0.3) is 0 Å². The highest BCUT2D eigenvalue weighted by molar-refractivity contribution is 7.98. The second-order valence-corrected chi connectivity index (χ2v) is 9.58. The van der Waals surface area contributed by atoms with Crippen LogP contribution in [0, 0.1) is 0 Å². The van der Waals surface area contributed by atoms with Crippen LogP contribution in [0.3, 0.4) is 0 Å². The third kappa shape index (κ3) is 7.16. The Kier molecular flexibility index (Phi) is 9.22. The van der Waals surface area contributed by atoms with E-state index in [1.165, 1.54) is 7.11 Å². The van der Waals surface area contributed by atoms with Gasteiger partial charge in [0.25, 0.3) is 5.91 Å². The lowest BCUT2D eigenvalue weighted by Gasteiger charge is -2.41. The molecule has 0 aliphatic carbocycles. The molecule has 1 fully saturated rings. The zero-order valence-corrected chi connectivity index (χ0v) is 19.9. The minimum Gasteiger partial charge on any atom is -0.467 e. The van der Waals surface area contributed by atoms with Gasteiger partial charge in [0.2, 0.25) is 0 Å². The Morgan fingerprint density at radius 2 is 1.77 bits per heavy atom. The van der Waals surface area contributed by atoms with Gasteiger partial charge in [-0.3, -0.25) is 4.79 Å². The van der Waals surface area contributed by atoms with Crippen LogP contribution in [0.2, 0.25) is 0 Å². The number of esters is 1. The van der Waals surface area contributed by atoms with Crippen molar-refractivity contribution >= 4 is 29.7 Å². The van der Waals surface area contributed by atoms with Crippen molar-refractivity contribution in [3.05, 3.63) is 35.9 Å². The monoisotopic (exact) mass is 450 g/mol. The largest absolute Gasteiger partial charge is 0.467 e. The molecule has 0 unspecified atom stereocenters. The maximum Gasteiger partial charge on any atom is 0.410 e. The van der Waals surface area contributed by atoms with Crippen LogP contribution in [0.5, 0.6) is 0 Å². The molecular weight excluding hydrogens is 416 g/mol. The number of hydrogen-bond donors (Lipinski definition) is 0. The van der Waals surface area contributed by atoms with E-state index in [4.69, 9.17) is 9.47 Å². The number of ether oxygens (including phenoxy) is 2. The SMILES string of the molecule is COC(=O)[C@H](CCSC)N(C(=O)c1ccccc1)C1CCN(C(=O)OC(C)(C)C)CC1. The van der Waals surface area contributed by atoms with Gasteiger partial charge in [-0.05, 0) is 64.2 Å². The predicted octanol–water partition coefficient (Wildman–Crippen LogP) is 3.82. The highest BCUT2D eigenvalue weighted by Gasteiger charge is 2.38. The molecule has 0 N–H and O–H groups in total. The van der Waals surface area contributed by atoms with Crippen LogP contribution in [0.15, 0.2) is 30.3 Å². The molecule has 31 heavy (non-hydrogen) atoms. The molecule has 1 aliphatic heterocycles. The normalized spacial score (nSPS) is 15.8. The Morgan fingerprint density at radius 1 is 1.16 bits per heavy atom. The quantitative estimate of drug-likeness (QED) is 0.588. The highest BCUT2D eigenvalue weighted by atomic mass is 32.2. The number of thioether (sulfide) groups is 1. The van der Waals surface area contributed by atoms with Crippen molar-refractivity contribution < 1.29 is 23.9 Å². The number of rotatable bonds is 7. The van der Waals surface area contributed by atoms with Gasteiger partial charge < -0.3 is 19.3 Å². The Labute approximate surface area is 189 Å². The molecule has 1 aromatic rings. The molecule has 2 amide bonds. The Bertz CT molecular complexity index is 742.